The molecule has 21 heavy (non-hydrogen) atoms. The summed E-state index contributed by atoms with van der Waals surface area (Å²) in [7, 11) is 3.31. The summed E-state index contributed by atoms with van der Waals surface area (Å²) in [6, 6.07) is 6.95. The molecule has 0 aliphatic heterocycles. The number of rotatable bonds is 9. The molecule has 1 rings (SSSR count). The Morgan fingerprint density at radius 2 is 1.81 bits per heavy atom. The first kappa shape index (κ1) is 17.9. The fourth-order valence-corrected chi connectivity index (χ4v) is 2.84. The Balaban J connectivity index is 2.69. The van der Waals surface area contributed by atoms with Gasteiger partial charge in [0.15, 0.2) is 0 Å². The highest BCUT2D eigenvalue weighted by atomic mass is 32.2. The molecule has 0 aromatic heterocycles. The third kappa shape index (κ3) is 5.28. The van der Waals surface area contributed by atoms with E-state index in [0.29, 0.717) is 23.7 Å². The van der Waals surface area contributed by atoms with Crippen LogP contribution in [0.25, 0.3) is 0 Å². The van der Waals surface area contributed by atoms with E-state index in [1.54, 1.807) is 25.3 Å². The van der Waals surface area contributed by atoms with Crippen LogP contribution in [0.3, 0.4) is 0 Å². The smallest absolute Gasteiger partial charge is 0.244 e. The maximum atomic E-state index is 12.3. The second-order valence-corrected chi connectivity index (χ2v) is 7.13. The molecule has 0 radical (unpaired) electrons. The van der Waals surface area contributed by atoms with Crippen LogP contribution in [0.2, 0.25) is 0 Å². The third-order valence-electron chi connectivity index (χ3n) is 3.13. The minimum absolute atomic E-state index is 0.301. The van der Waals surface area contributed by atoms with Gasteiger partial charge in [-0.3, -0.25) is 0 Å². The number of nitrogens with zero attached hydrogens (tertiary/aromatic N) is 2. The third-order valence-corrected chi connectivity index (χ3v) is 5.01. The predicted octanol–water partition coefficient (Wildman–Crippen LogP) is 0.927. The van der Waals surface area contributed by atoms with Gasteiger partial charge in [0.25, 0.3) is 0 Å². The van der Waals surface area contributed by atoms with Crippen molar-refractivity contribution in [2.45, 2.75) is 4.90 Å². The van der Waals surface area contributed by atoms with Crippen molar-refractivity contribution in [3.63, 3.8) is 0 Å². The quantitative estimate of drug-likeness (QED) is 0.734. The molecule has 0 heterocycles. The van der Waals surface area contributed by atoms with E-state index in [2.05, 4.69) is 10.2 Å². The Hall–Kier alpha value is -1.15. The van der Waals surface area contributed by atoms with Crippen molar-refractivity contribution in [1.82, 2.24) is 9.21 Å². The molecule has 0 aliphatic rings. The Morgan fingerprint density at radius 3 is 2.43 bits per heavy atom. The number of methoxy groups -OCH3 is 1. The number of hydrogen-bond donors (Lipinski definition) is 1. The van der Waals surface area contributed by atoms with Crippen LogP contribution >= 0.6 is 0 Å². The molecular formula is C14H25N3O3S. The van der Waals surface area contributed by atoms with E-state index in [-0.39, 0.29) is 0 Å². The lowest BCUT2D eigenvalue weighted by molar-refractivity contribution is 0.163. The van der Waals surface area contributed by atoms with Crippen molar-refractivity contribution in [2.75, 3.05) is 59.8 Å². The van der Waals surface area contributed by atoms with E-state index in [1.165, 1.54) is 18.4 Å². The molecule has 0 amide bonds. The van der Waals surface area contributed by atoms with E-state index in [9.17, 15) is 8.42 Å². The van der Waals surface area contributed by atoms with Gasteiger partial charge in [-0.05, 0) is 19.2 Å². The Bertz CT molecular complexity index is 532. The van der Waals surface area contributed by atoms with E-state index in [0.717, 1.165) is 13.1 Å². The van der Waals surface area contributed by atoms with Crippen LogP contribution in [-0.4, -0.2) is 72.1 Å². The maximum absolute atomic E-state index is 12.3. The van der Waals surface area contributed by atoms with Gasteiger partial charge in [-0.2, -0.15) is 0 Å². The lowest BCUT2D eigenvalue weighted by atomic mass is 10.3. The van der Waals surface area contributed by atoms with Crippen LogP contribution in [0, 0.1) is 0 Å². The minimum atomic E-state index is -3.44. The van der Waals surface area contributed by atoms with Gasteiger partial charge in [0.1, 0.15) is 4.90 Å². The van der Waals surface area contributed by atoms with Crippen LogP contribution in [0.4, 0.5) is 5.69 Å². The summed E-state index contributed by atoms with van der Waals surface area (Å²) in [5, 5.41) is 3.19. The van der Waals surface area contributed by atoms with Crippen LogP contribution < -0.4 is 5.32 Å². The Kier molecular flexibility index (Phi) is 7.10. The molecule has 1 aromatic carbocycles. The molecule has 0 aliphatic carbocycles. The molecule has 0 unspecified atom stereocenters. The monoisotopic (exact) mass is 315 g/mol. The lowest BCUT2D eigenvalue weighted by Gasteiger charge is -2.19. The van der Waals surface area contributed by atoms with Crippen molar-refractivity contribution in [2.24, 2.45) is 0 Å². The van der Waals surface area contributed by atoms with Crippen molar-refractivity contribution in [3.05, 3.63) is 24.3 Å². The number of para-hydroxylation sites is 1. The number of likely N-dealkylation sites (N-methyl/N-ethyl adjacent to an activating group) is 1. The number of anilines is 1. The lowest BCUT2D eigenvalue weighted by Crippen LogP contribution is -2.29. The number of hydrogen-bond acceptors (Lipinski definition) is 5. The van der Waals surface area contributed by atoms with Crippen molar-refractivity contribution < 1.29 is 13.2 Å². The summed E-state index contributed by atoms with van der Waals surface area (Å²) < 4.78 is 30.7. The van der Waals surface area contributed by atoms with Gasteiger partial charge in [-0.1, -0.05) is 12.1 Å². The molecule has 0 saturated carbocycles. The fourth-order valence-electron chi connectivity index (χ4n) is 1.77. The molecule has 0 bridgehead atoms. The highest BCUT2D eigenvalue weighted by molar-refractivity contribution is 7.89. The number of nitrogens with one attached hydrogen (secondary N) is 1. The van der Waals surface area contributed by atoms with Crippen LogP contribution in [0.15, 0.2) is 29.2 Å². The second kappa shape index (κ2) is 8.33. The molecule has 1 aromatic rings. The highest BCUT2D eigenvalue weighted by Gasteiger charge is 2.20. The first-order chi connectivity index (χ1) is 9.89. The molecule has 1 N–H and O–H groups in total. The van der Waals surface area contributed by atoms with Crippen molar-refractivity contribution >= 4 is 15.7 Å². The molecule has 0 fully saturated rings. The van der Waals surface area contributed by atoms with Crippen LogP contribution in [0.1, 0.15) is 0 Å². The summed E-state index contributed by atoms with van der Waals surface area (Å²) in [5.41, 5.74) is 0.631. The minimum Gasteiger partial charge on any atom is -0.383 e. The van der Waals surface area contributed by atoms with Gasteiger partial charge in [0.2, 0.25) is 10.0 Å². The zero-order chi connectivity index (χ0) is 15.9. The van der Waals surface area contributed by atoms with Gasteiger partial charge in [0, 0.05) is 40.8 Å². The molecule has 0 atom stereocenters. The first-order valence-electron chi connectivity index (χ1n) is 6.82. The van der Waals surface area contributed by atoms with Gasteiger partial charge in [-0.15, -0.1) is 0 Å². The number of benzene rings is 1. The highest BCUT2D eigenvalue weighted by Crippen LogP contribution is 2.22. The summed E-state index contributed by atoms with van der Waals surface area (Å²) in [6.07, 6.45) is 0. The summed E-state index contributed by atoms with van der Waals surface area (Å²) in [5.74, 6) is 0. The Labute approximate surface area is 127 Å². The Morgan fingerprint density at radius 1 is 1.14 bits per heavy atom. The average Bonchev–Trinajstić information content (AvgIpc) is 2.45. The van der Waals surface area contributed by atoms with E-state index >= 15 is 0 Å². The van der Waals surface area contributed by atoms with Gasteiger partial charge >= 0.3 is 0 Å². The topological polar surface area (TPSA) is 61.9 Å². The van der Waals surface area contributed by atoms with E-state index in [4.69, 9.17) is 4.74 Å². The van der Waals surface area contributed by atoms with Gasteiger partial charge in [0.05, 0.1) is 12.3 Å². The first-order valence-corrected chi connectivity index (χ1v) is 8.26. The fraction of sp³-hybridized carbons (Fsp3) is 0.571. The number of ether oxygens (including phenoxy) is 1. The van der Waals surface area contributed by atoms with Crippen molar-refractivity contribution in [1.29, 1.82) is 0 Å². The van der Waals surface area contributed by atoms with E-state index < -0.39 is 10.0 Å². The largest absolute Gasteiger partial charge is 0.383 e. The normalized spacial score (nSPS) is 12.1. The predicted molar refractivity (Wildman–Crippen MR) is 85.2 cm³/mol. The van der Waals surface area contributed by atoms with E-state index in [1.807, 2.05) is 13.1 Å². The molecule has 0 saturated heterocycles. The molecule has 0 spiro atoms. The zero-order valence-corrected chi connectivity index (χ0v) is 14.0. The number of sulfonamides is 1. The average molecular weight is 315 g/mol. The van der Waals surface area contributed by atoms with Crippen molar-refractivity contribution in [3.8, 4) is 0 Å². The van der Waals surface area contributed by atoms with Crippen LogP contribution in [0.5, 0.6) is 0 Å². The summed E-state index contributed by atoms with van der Waals surface area (Å²) >= 11 is 0. The zero-order valence-electron chi connectivity index (χ0n) is 13.2. The summed E-state index contributed by atoms with van der Waals surface area (Å²) in [4.78, 5) is 2.43. The SMILES string of the molecule is COCCN(C)CCNc1ccccc1S(=O)(=O)N(C)C. The maximum Gasteiger partial charge on any atom is 0.244 e. The standard InChI is InChI=1S/C14H25N3O3S/c1-16(2)21(18,19)14-8-6-5-7-13(14)15-9-10-17(3)11-12-20-4/h5-8,15H,9-12H2,1-4H3. The van der Waals surface area contributed by atoms with Gasteiger partial charge < -0.3 is 15.0 Å². The molecule has 7 heteroatoms. The molecule has 120 valence electrons. The summed E-state index contributed by atoms with van der Waals surface area (Å²) in [6.45, 7) is 3.00. The van der Waals surface area contributed by atoms with Gasteiger partial charge in [-0.25, -0.2) is 12.7 Å². The molecular weight excluding hydrogens is 290 g/mol. The van der Waals surface area contributed by atoms with Crippen LogP contribution in [-0.2, 0) is 14.8 Å². The molecule has 6 nitrogen and oxygen atoms in total. The second-order valence-electron chi connectivity index (χ2n) is 5.01.